The maximum absolute atomic E-state index is 12.4. The van der Waals surface area contributed by atoms with Crippen molar-refractivity contribution in [2.75, 3.05) is 6.61 Å². The number of ether oxygens (including phenoxy) is 2. The molecule has 1 aliphatic heterocycles. The third kappa shape index (κ3) is 3.77. The van der Waals surface area contributed by atoms with Gasteiger partial charge in [-0.1, -0.05) is 6.58 Å². The van der Waals surface area contributed by atoms with E-state index in [0.29, 0.717) is 29.2 Å². The van der Waals surface area contributed by atoms with Crippen LogP contribution in [-0.2, 0) is 0 Å². The van der Waals surface area contributed by atoms with Crippen LogP contribution in [0.4, 0.5) is 5.69 Å². The summed E-state index contributed by atoms with van der Waals surface area (Å²) in [5.41, 5.74) is 2.22. The maximum Gasteiger partial charge on any atom is 0.231 e. The van der Waals surface area contributed by atoms with Gasteiger partial charge in [0, 0.05) is 18.2 Å². The van der Waals surface area contributed by atoms with Crippen LogP contribution in [0.15, 0.2) is 60.4 Å². The van der Waals surface area contributed by atoms with Gasteiger partial charge < -0.3 is 14.7 Å². The van der Waals surface area contributed by atoms with E-state index in [0.717, 1.165) is 5.57 Å². The summed E-state index contributed by atoms with van der Waals surface area (Å²) in [5, 5.41) is 18.8. The van der Waals surface area contributed by atoms with Crippen LogP contribution in [0.2, 0.25) is 0 Å². The van der Waals surface area contributed by atoms with E-state index in [9.17, 15) is 10.0 Å². The number of carbonyl (C=O) groups excluding carboxylic acids is 1. The van der Waals surface area contributed by atoms with Gasteiger partial charge in [0.25, 0.3) is 0 Å². The van der Waals surface area contributed by atoms with Gasteiger partial charge in [-0.15, -0.1) is 0 Å². The SMILES string of the molecule is C=C(C)COc1ccc2c(c1)OC(=Cc1ccc([NH+]([O-])O)cc1)C2=O. The smallest absolute Gasteiger partial charge is 0.231 e. The van der Waals surface area contributed by atoms with E-state index < -0.39 is 5.23 Å². The summed E-state index contributed by atoms with van der Waals surface area (Å²) in [6.45, 7) is 6.03. The predicted octanol–water partition coefficient (Wildman–Crippen LogP) is 2.66. The molecule has 2 aromatic rings. The molecule has 2 aromatic carbocycles. The molecule has 0 saturated heterocycles. The highest BCUT2D eigenvalue weighted by molar-refractivity contribution is 6.14. The number of nitrogens with one attached hydrogen (secondary N) is 1. The Morgan fingerprint density at radius 2 is 2.04 bits per heavy atom. The molecule has 2 N–H and O–H groups in total. The highest BCUT2D eigenvalue weighted by atomic mass is 16.8. The summed E-state index contributed by atoms with van der Waals surface area (Å²) in [4.78, 5) is 12.4. The van der Waals surface area contributed by atoms with Gasteiger partial charge in [-0.3, -0.25) is 4.79 Å². The van der Waals surface area contributed by atoms with Crippen LogP contribution in [0, 0.1) is 5.21 Å². The van der Waals surface area contributed by atoms with Crippen molar-refractivity contribution in [3.8, 4) is 11.5 Å². The second kappa shape index (κ2) is 6.90. The zero-order valence-corrected chi connectivity index (χ0v) is 13.6. The summed E-state index contributed by atoms with van der Waals surface area (Å²) >= 11 is 0. The third-order valence-electron chi connectivity index (χ3n) is 3.58. The number of hydrogen-bond donors (Lipinski definition) is 2. The van der Waals surface area contributed by atoms with E-state index in [1.54, 1.807) is 36.4 Å². The van der Waals surface area contributed by atoms with Gasteiger partial charge in [0.2, 0.25) is 5.78 Å². The molecule has 0 fully saturated rings. The van der Waals surface area contributed by atoms with Gasteiger partial charge >= 0.3 is 0 Å². The van der Waals surface area contributed by atoms with Crippen LogP contribution in [0.1, 0.15) is 22.8 Å². The Morgan fingerprint density at radius 1 is 1.32 bits per heavy atom. The molecule has 0 radical (unpaired) electrons. The number of benzene rings is 2. The second-order valence-corrected chi connectivity index (χ2v) is 5.77. The third-order valence-corrected chi connectivity index (χ3v) is 3.58. The Hall–Kier alpha value is -2.93. The van der Waals surface area contributed by atoms with Gasteiger partial charge in [-0.25, -0.2) is 5.21 Å². The number of hydrogen-bond acceptors (Lipinski definition) is 5. The molecule has 128 valence electrons. The molecule has 0 aliphatic carbocycles. The van der Waals surface area contributed by atoms with Gasteiger partial charge in [0.05, 0.1) is 5.56 Å². The normalized spacial score (nSPS) is 15.6. The van der Waals surface area contributed by atoms with Crippen LogP contribution in [0.3, 0.4) is 0 Å². The molecule has 0 aromatic heterocycles. The topological polar surface area (TPSA) is 83.3 Å². The molecule has 0 bridgehead atoms. The van der Waals surface area contributed by atoms with Gasteiger partial charge in [-0.2, -0.15) is 5.23 Å². The minimum Gasteiger partial charge on any atom is -0.595 e. The lowest BCUT2D eigenvalue weighted by Gasteiger charge is -2.10. The molecule has 6 nitrogen and oxygen atoms in total. The summed E-state index contributed by atoms with van der Waals surface area (Å²) in [5.74, 6) is 1.01. The fraction of sp³-hybridized carbons (Fsp3) is 0.105. The summed E-state index contributed by atoms with van der Waals surface area (Å²) in [6, 6.07) is 11.3. The van der Waals surface area contributed by atoms with Crippen LogP contribution in [0.5, 0.6) is 11.5 Å². The standard InChI is InChI=1S/C19H17NO5/c1-12(2)11-24-15-7-8-16-17(10-15)25-18(19(16)21)9-13-3-5-14(6-4-13)20(22)23/h3-10,20,22H,1,11H2,2H3. The maximum atomic E-state index is 12.4. The van der Waals surface area contributed by atoms with Gasteiger partial charge in [-0.05, 0) is 48.4 Å². The fourth-order valence-corrected chi connectivity index (χ4v) is 2.34. The molecule has 0 amide bonds. The second-order valence-electron chi connectivity index (χ2n) is 5.77. The molecular weight excluding hydrogens is 322 g/mol. The van der Waals surface area contributed by atoms with E-state index in [1.165, 1.54) is 12.1 Å². The number of Topliss-reactive ketones (excluding diaryl/α,β-unsaturated/α-hetero) is 1. The first-order valence-electron chi connectivity index (χ1n) is 7.63. The number of allylic oxidation sites excluding steroid dienone is 1. The predicted molar refractivity (Wildman–Crippen MR) is 91.9 cm³/mol. The molecular formula is C19H17NO5. The summed E-state index contributed by atoms with van der Waals surface area (Å²) in [7, 11) is 0. The van der Waals surface area contributed by atoms with Crippen molar-refractivity contribution in [2.45, 2.75) is 6.92 Å². The minimum atomic E-state index is -0.998. The highest BCUT2D eigenvalue weighted by Gasteiger charge is 2.27. The van der Waals surface area contributed by atoms with E-state index >= 15 is 0 Å². The Morgan fingerprint density at radius 3 is 2.68 bits per heavy atom. The Bertz CT molecular complexity index is 853. The van der Waals surface area contributed by atoms with Crippen molar-refractivity contribution >= 4 is 17.5 Å². The number of fused-ring (bicyclic) bond motifs is 1. The zero-order chi connectivity index (χ0) is 18.0. The summed E-state index contributed by atoms with van der Waals surface area (Å²) in [6.07, 6.45) is 1.59. The van der Waals surface area contributed by atoms with Crippen LogP contribution in [0.25, 0.3) is 6.08 Å². The molecule has 1 heterocycles. The average Bonchev–Trinajstić information content (AvgIpc) is 2.89. The van der Waals surface area contributed by atoms with Crippen molar-refractivity contribution in [1.82, 2.24) is 0 Å². The van der Waals surface area contributed by atoms with E-state index in [2.05, 4.69) is 6.58 Å². The first kappa shape index (κ1) is 16.9. The number of carbonyl (C=O) groups is 1. The van der Waals surface area contributed by atoms with Gasteiger partial charge in [0.1, 0.15) is 18.1 Å². The number of quaternary nitrogens is 1. The quantitative estimate of drug-likeness (QED) is 0.497. The van der Waals surface area contributed by atoms with Gasteiger partial charge in [0.15, 0.2) is 11.4 Å². The highest BCUT2D eigenvalue weighted by Crippen LogP contribution is 2.35. The minimum absolute atomic E-state index is 0.184. The molecule has 25 heavy (non-hydrogen) atoms. The lowest BCUT2D eigenvalue weighted by atomic mass is 10.1. The Kier molecular flexibility index (Phi) is 4.67. The van der Waals surface area contributed by atoms with E-state index in [1.807, 2.05) is 6.92 Å². The van der Waals surface area contributed by atoms with Crippen LogP contribution in [-0.4, -0.2) is 17.6 Å². The number of rotatable bonds is 5. The molecule has 6 heteroatoms. The average molecular weight is 339 g/mol. The molecule has 1 unspecified atom stereocenters. The lowest BCUT2D eigenvalue weighted by molar-refractivity contribution is -0.991. The van der Waals surface area contributed by atoms with Crippen LogP contribution >= 0.6 is 0 Å². The monoisotopic (exact) mass is 339 g/mol. The van der Waals surface area contributed by atoms with E-state index in [-0.39, 0.29) is 17.2 Å². The Labute approximate surface area is 144 Å². The van der Waals surface area contributed by atoms with Crippen molar-refractivity contribution in [1.29, 1.82) is 0 Å². The fourth-order valence-electron chi connectivity index (χ4n) is 2.34. The van der Waals surface area contributed by atoms with Crippen molar-refractivity contribution < 1.29 is 24.7 Å². The number of ketones is 1. The summed E-state index contributed by atoms with van der Waals surface area (Å²) < 4.78 is 11.2. The lowest BCUT2D eigenvalue weighted by Crippen LogP contribution is -2.99. The molecule has 0 saturated carbocycles. The zero-order valence-electron chi connectivity index (χ0n) is 13.6. The first-order chi connectivity index (χ1) is 11.9. The first-order valence-corrected chi connectivity index (χ1v) is 7.63. The largest absolute Gasteiger partial charge is 0.595 e. The molecule has 3 rings (SSSR count). The molecule has 1 aliphatic rings. The van der Waals surface area contributed by atoms with E-state index in [4.69, 9.17) is 14.7 Å². The molecule has 1 atom stereocenters. The molecule has 0 spiro atoms. The Balaban J connectivity index is 1.80. The van der Waals surface area contributed by atoms with Crippen molar-refractivity contribution in [3.05, 3.63) is 76.7 Å². The van der Waals surface area contributed by atoms with Crippen molar-refractivity contribution in [3.63, 3.8) is 0 Å². The van der Waals surface area contributed by atoms with Crippen molar-refractivity contribution in [2.24, 2.45) is 0 Å². The van der Waals surface area contributed by atoms with Crippen LogP contribution < -0.4 is 14.7 Å².